The minimum atomic E-state index is -6.22. The lowest BCUT2D eigenvalue weighted by Gasteiger charge is -2.19. The monoisotopic (exact) mass is 939 g/mol. The number of halogens is 18. The van der Waals surface area contributed by atoms with Crippen LogP contribution < -0.4 is 0 Å². The maximum atomic E-state index is 14.8. The molecule has 0 unspecified atom stereocenters. The number of benzene rings is 3. The number of hydrogen-bond acceptors (Lipinski definition) is 9. The highest BCUT2D eigenvalue weighted by Gasteiger charge is 2.52. The highest BCUT2D eigenvalue weighted by atomic mass is 19.4. The van der Waals surface area contributed by atoms with Gasteiger partial charge in [-0.3, -0.25) is 0 Å². The average Bonchev–Trinajstić information content (AvgIpc) is 3.90. The first-order chi connectivity index (χ1) is 30.2. The zero-order valence-electron chi connectivity index (χ0n) is 30.6. The van der Waals surface area contributed by atoms with E-state index in [9.17, 15) is 126 Å². The lowest BCUT2D eigenvalue weighted by atomic mass is 9.87. The Balaban J connectivity index is 2.66. The highest BCUT2D eigenvalue weighted by Crippen LogP contribution is 2.60. The molecule has 0 saturated heterocycles. The molecule has 0 heterocycles. The summed E-state index contributed by atoms with van der Waals surface area (Å²) in [5.74, 6) is 0. The second-order valence-corrected chi connectivity index (χ2v) is 12.5. The van der Waals surface area contributed by atoms with Gasteiger partial charge in [-0.1, -0.05) is 0 Å². The van der Waals surface area contributed by atoms with Gasteiger partial charge in [-0.15, -0.1) is 0 Å². The van der Waals surface area contributed by atoms with Gasteiger partial charge in [0.15, 0.2) is 0 Å². The van der Waals surface area contributed by atoms with E-state index >= 15 is 0 Å². The minimum Gasteiger partial charge on any atom is -0.192 e. The summed E-state index contributed by atoms with van der Waals surface area (Å²) >= 11 is 0. The number of hydrogen-bond donors (Lipinski definition) is 0. The number of rotatable bonds is 3. The molecule has 66 heavy (non-hydrogen) atoms. The Morgan fingerprint density at radius 2 is 0.470 bits per heavy atom. The fourth-order valence-corrected chi connectivity index (χ4v) is 6.57. The third-order valence-electron chi connectivity index (χ3n) is 9.00. The first-order valence-electron chi connectivity index (χ1n) is 16.1. The highest BCUT2D eigenvalue weighted by molar-refractivity contribution is 6.13. The van der Waals surface area contributed by atoms with Gasteiger partial charge in [-0.2, -0.15) is 126 Å². The topological polar surface area (TPSA) is 214 Å². The van der Waals surface area contributed by atoms with Crippen LogP contribution in [0, 0.1) is 102 Å². The summed E-state index contributed by atoms with van der Waals surface area (Å²) in [6.45, 7) is 0. The summed E-state index contributed by atoms with van der Waals surface area (Å²) in [4.78, 5) is 0. The molecule has 1 fully saturated rings. The quantitative estimate of drug-likeness (QED) is 0.180. The van der Waals surface area contributed by atoms with Crippen molar-refractivity contribution in [2.45, 2.75) is 37.1 Å². The van der Waals surface area contributed by atoms with Crippen molar-refractivity contribution in [3.05, 3.63) is 118 Å². The Bertz CT molecular complexity index is 2840. The molecule has 9 nitrogen and oxygen atoms in total. The summed E-state index contributed by atoms with van der Waals surface area (Å²) in [7, 11) is 0. The SMILES string of the molecule is N#CC(=C1C(=C(C#N)c2cc(C(F)(F)F)c(C#N)c(C#N)c2C(F)(F)F)C1=C(C#N)c1cc(C(F)(F)F)c(C#N)c(C#N)c1C(F)(F)F)c1cc(C(F)(F)F)c(C#N)c(C#N)c1C(F)(F)F. The summed E-state index contributed by atoms with van der Waals surface area (Å²) in [6, 6.07) is 3.89. The third-order valence-corrected chi connectivity index (χ3v) is 9.00. The van der Waals surface area contributed by atoms with Gasteiger partial charge in [0.1, 0.15) is 54.6 Å². The van der Waals surface area contributed by atoms with Crippen LogP contribution in [-0.4, -0.2) is 0 Å². The van der Waals surface area contributed by atoms with Crippen molar-refractivity contribution in [3.8, 4) is 54.6 Å². The van der Waals surface area contributed by atoms with Crippen LogP contribution in [-0.2, 0) is 37.1 Å². The fraction of sp³-hybridized carbons (Fsp3) is 0.154. The first-order valence-corrected chi connectivity index (χ1v) is 16.1. The van der Waals surface area contributed by atoms with Crippen LogP contribution in [0.25, 0.3) is 16.7 Å². The van der Waals surface area contributed by atoms with Gasteiger partial charge >= 0.3 is 37.1 Å². The molecule has 0 atom stereocenters. The lowest BCUT2D eigenvalue weighted by Crippen LogP contribution is -2.18. The predicted octanol–water partition coefficient (Wildman–Crippen LogP) is 11.3. The molecule has 27 heteroatoms. The average molecular weight is 939 g/mol. The Hall–Kier alpha value is -8.97. The summed E-state index contributed by atoms with van der Waals surface area (Å²) < 4.78 is 262. The Morgan fingerprint density at radius 1 is 0.288 bits per heavy atom. The van der Waals surface area contributed by atoms with Crippen molar-refractivity contribution < 1.29 is 79.0 Å². The second kappa shape index (κ2) is 16.3. The Labute approximate surface area is 353 Å². The number of allylic oxidation sites excluding steroid dienone is 6. The van der Waals surface area contributed by atoms with Crippen molar-refractivity contribution in [2.75, 3.05) is 0 Å². The molecule has 4 rings (SSSR count). The smallest absolute Gasteiger partial charge is 0.192 e. The molecular weight excluding hydrogens is 936 g/mol. The van der Waals surface area contributed by atoms with E-state index in [-0.39, 0.29) is 0 Å². The number of nitriles is 9. The van der Waals surface area contributed by atoms with Crippen LogP contribution in [0.1, 0.15) is 83.5 Å². The van der Waals surface area contributed by atoms with Gasteiger partial charge in [-0.05, 0) is 18.2 Å². The molecule has 0 bridgehead atoms. The molecule has 3 aromatic rings. The molecule has 0 aliphatic heterocycles. The summed E-state index contributed by atoms with van der Waals surface area (Å²) in [5, 5.41) is 87.8. The van der Waals surface area contributed by atoms with Gasteiger partial charge in [0.2, 0.25) is 0 Å². The van der Waals surface area contributed by atoms with Crippen molar-refractivity contribution in [3.63, 3.8) is 0 Å². The van der Waals surface area contributed by atoms with E-state index in [4.69, 9.17) is 0 Å². The van der Waals surface area contributed by atoms with E-state index in [1.807, 2.05) is 0 Å². The van der Waals surface area contributed by atoms with Gasteiger partial charge < -0.3 is 0 Å². The van der Waals surface area contributed by atoms with E-state index in [0.717, 1.165) is 18.2 Å². The predicted molar refractivity (Wildman–Crippen MR) is 175 cm³/mol. The van der Waals surface area contributed by atoms with Crippen LogP contribution in [0.2, 0.25) is 0 Å². The maximum Gasteiger partial charge on any atom is 0.418 e. The molecule has 0 radical (unpaired) electrons. The fourth-order valence-electron chi connectivity index (χ4n) is 6.57. The van der Waals surface area contributed by atoms with Crippen LogP contribution in [0.4, 0.5) is 79.0 Å². The zero-order chi connectivity index (χ0) is 50.6. The molecule has 1 aliphatic carbocycles. The van der Waals surface area contributed by atoms with E-state index in [1.165, 1.54) is 0 Å². The van der Waals surface area contributed by atoms with Gasteiger partial charge in [0, 0.05) is 33.4 Å². The molecular formula is C39H3F18N9. The Morgan fingerprint density at radius 3 is 0.591 bits per heavy atom. The molecule has 0 amide bonds. The van der Waals surface area contributed by atoms with E-state index < -0.39 is 172 Å². The van der Waals surface area contributed by atoms with Crippen LogP contribution >= 0.6 is 0 Å². The molecule has 0 N–H and O–H groups in total. The van der Waals surface area contributed by atoms with Crippen LogP contribution in [0.5, 0.6) is 0 Å². The van der Waals surface area contributed by atoms with Crippen LogP contribution in [0.3, 0.4) is 0 Å². The summed E-state index contributed by atoms with van der Waals surface area (Å²) in [5.41, 5.74) is -48.0. The Kier molecular flexibility index (Phi) is 12.3. The van der Waals surface area contributed by atoms with Crippen molar-refractivity contribution in [2.24, 2.45) is 0 Å². The van der Waals surface area contributed by atoms with Crippen molar-refractivity contribution in [1.29, 1.82) is 47.4 Å². The molecule has 1 aliphatic rings. The van der Waals surface area contributed by atoms with Crippen LogP contribution in [0.15, 0.2) is 34.9 Å². The standard InChI is InChI=1S/C39H3F18N9/c40-34(41,42)25-1-13(31(37(49,50)51)22(10-64)16(25)4-58)19(7-61)28-29(20(8-62)14-2-26(35(43,44)45)17(5-59)23(11-65)32(14)38(52,53)54)30(28)21(9-63)15-3-27(36(46,47)48)18(6-60)24(12-66)33(15)39(55,56)57/h1-3H. The largest absolute Gasteiger partial charge is 0.418 e. The van der Waals surface area contributed by atoms with Gasteiger partial charge in [0.25, 0.3) is 0 Å². The zero-order valence-corrected chi connectivity index (χ0v) is 30.6. The maximum absolute atomic E-state index is 14.8. The van der Waals surface area contributed by atoms with E-state index in [2.05, 4.69) is 0 Å². The van der Waals surface area contributed by atoms with E-state index in [0.29, 0.717) is 36.4 Å². The molecule has 3 aromatic carbocycles. The second-order valence-electron chi connectivity index (χ2n) is 12.5. The third kappa shape index (κ3) is 8.31. The normalized spacial score (nSPS) is 12.8. The first kappa shape index (κ1) is 49.7. The van der Waals surface area contributed by atoms with Gasteiger partial charge in [-0.25, -0.2) is 0 Å². The lowest BCUT2D eigenvalue weighted by molar-refractivity contribution is -0.141. The van der Waals surface area contributed by atoms with Crippen molar-refractivity contribution >= 4 is 16.7 Å². The minimum absolute atomic E-state index is 0.610. The number of alkyl halides is 18. The summed E-state index contributed by atoms with van der Waals surface area (Å²) in [6.07, 6.45) is -36.7. The molecule has 1 saturated carbocycles. The van der Waals surface area contributed by atoms with Crippen molar-refractivity contribution in [1.82, 2.24) is 0 Å². The van der Waals surface area contributed by atoms with E-state index in [1.54, 1.807) is 0 Å². The van der Waals surface area contributed by atoms with Gasteiger partial charge in [0.05, 0.1) is 83.5 Å². The molecule has 0 aromatic heterocycles. The number of nitrogens with zero attached hydrogens (tertiary/aromatic N) is 9. The molecule has 330 valence electrons. The molecule has 0 spiro atoms.